The Morgan fingerprint density at radius 2 is 1.76 bits per heavy atom. The summed E-state index contributed by atoms with van der Waals surface area (Å²) in [7, 11) is 0. The molecule has 0 saturated carbocycles. The standard InChI is InChI=1S/C14H10ClN3O3/c15-12-5-6-13(18(20)21)11(7-12)9-17-16-8-10-3-1-2-4-14(10)19/h1-9,19H/b16-8+,17-9-. The predicted molar refractivity (Wildman–Crippen MR) is 81.4 cm³/mol. The van der Waals surface area contributed by atoms with E-state index >= 15 is 0 Å². The van der Waals surface area contributed by atoms with Crippen LogP contribution >= 0.6 is 11.6 Å². The molecule has 0 saturated heterocycles. The molecule has 0 heterocycles. The molecule has 0 unspecified atom stereocenters. The SMILES string of the molecule is O=[N+]([O-])c1ccc(Cl)cc1/C=N\N=C\c1ccccc1O. The molecule has 0 aromatic heterocycles. The number of phenolic OH excluding ortho intramolecular Hbond substituents is 1. The third-order valence-electron chi connectivity index (χ3n) is 2.58. The van der Waals surface area contributed by atoms with E-state index in [1.54, 1.807) is 18.2 Å². The molecular weight excluding hydrogens is 294 g/mol. The van der Waals surface area contributed by atoms with Crippen LogP contribution in [0, 0.1) is 10.1 Å². The van der Waals surface area contributed by atoms with Crippen molar-refractivity contribution >= 4 is 29.7 Å². The van der Waals surface area contributed by atoms with Gasteiger partial charge in [-0.05, 0) is 24.3 Å². The van der Waals surface area contributed by atoms with Crippen LogP contribution in [0.3, 0.4) is 0 Å². The molecule has 0 radical (unpaired) electrons. The second-order valence-corrected chi connectivity index (χ2v) is 4.44. The van der Waals surface area contributed by atoms with Gasteiger partial charge in [0.15, 0.2) is 0 Å². The van der Waals surface area contributed by atoms with Crippen LogP contribution in [0.1, 0.15) is 11.1 Å². The van der Waals surface area contributed by atoms with Crippen LogP contribution in [-0.4, -0.2) is 22.5 Å². The van der Waals surface area contributed by atoms with Crippen molar-refractivity contribution in [1.29, 1.82) is 0 Å². The molecule has 0 aliphatic heterocycles. The fourth-order valence-corrected chi connectivity index (χ4v) is 1.76. The minimum atomic E-state index is -0.523. The number of aromatic hydroxyl groups is 1. The molecule has 0 atom stereocenters. The molecule has 0 aliphatic carbocycles. The van der Waals surface area contributed by atoms with Gasteiger partial charge < -0.3 is 5.11 Å². The number of hydrogen-bond donors (Lipinski definition) is 1. The summed E-state index contributed by atoms with van der Waals surface area (Å²) >= 11 is 5.80. The van der Waals surface area contributed by atoms with Gasteiger partial charge in [0, 0.05) is 16.7 Å². The fraction of sp³-hybridized carbons (Fsp3) is 0. The Kier molecular flexibility index (Phi) is 4.63. The fourth-order valence-electron chi connectivity index (χ4n) is 1.58. The number of rotatable bonds is 4. The monoisotopic (exact) mass is 303 g/mol. The summed E-state index contributed by atoms with van der Waals surface area (Å²) in [6.07, 6.45) is 2.59. The zero-order valence-corrected chi connectivity index (χ0v) is 11.4. The lowest BCUT2D eigenvalue weighted by molar-refractivity contribution is -0.385. The Hall–Kier alpha value is -2.73. The highest BCUT2D eigenvalue weighted by Crippen LogP contribution is 2.21. The number of benzene rings is 2. The van der Waals surface area contributed by atoms with E-state index in [-0.39, 0.29) is 17.0 Å². The first-order valence-corrected chi connectivity index (χ1v) is 6.24. The van der Waals surface area contributed by atoms with Crippen molar-refractivity contribution in [3.63, 3.8) is 0 Å². The van der Waals surface area contributed by atoms with E-state index in [1.165, 1.54) is 36.7 Å². The largest absolute Gasteiger partial charge is 0.507 e. The Labute approximate surface area is 125 Å². The first kappa shape index (κ1) is 14.7. The molecule has 6 nitrogen and oxygen atoms in total. The molecule has 2 aromatic carbocycles. The summed E-state index contributed by atoms with van der Waals surface area (Å²) in [6, 6.07) is 10.8. The second-order valence-electron chi connectivity index (χ2n) is 4.01. The molecule has 0 fully saturated rings. The molecule has 1 N–H and O–H groups in total. The molecule has 7 heteroatoms. The van der Waals surface area contributed by atoms with Crippen LogP contribution in [-0.2, 0) is 0 Å². The van der Waals surface area contributed by atoms with Crippen molar-refractivity contribution in [2.24, 2.45) is 10.2 Å². The summed E-state index contributed by atoms with van der Waals surface area (Å²) in [5, 5.41) is 28.2. The second kappa shape index (κ2) is 6.62. The first-order chi connectivity index (χ1) is 10.1. The van der Waals surface area contributed by atoms with Crippen molar-refractivity contribution in [1.82, 2.24) is 0 Å². The summed E-state index contributed by atoms with van der Waals surface area (Å²) in [5.74, 6) is 0.0742. The lowest BCUT2D eigenvalue weighted by atomic mass is 10.2. The van der Waals surface area contributed by atoms with Gasteiger partial charge in [0.05, 0.1) is 22.9 Å². The smallest absolute Gasteiger partial charge is 0.278 e. The van der Waals surface area contributed by atoms with Gasteiger partial charge in [-0.2, -0.15) is 10.2 Å². The van der Waals surface area contributed by atoms with Gasteiger partial charge in [-0.15, -0.1) is 0 Å². The normalized spacial score (nSPS) is 11.3. The molecule has 0 amide bonds. The summed E-state index contributed by atoms with van der Waals surface area (Å²) < 4.78 is 0. The molecule has 0 spiro atoms. The van der Waals surface area contributed by atoms with Crippen molar-refractivity contribution in [2.45, 2.75) is 0 Å². The number of hydrogen-bond acceptors (Lipinski definition) is 5. The van der Waals surface area contributed by atoms with Crippen LogP contribution in [0.5, 0.6) is 5.75 Å². The Morgan fingerprint density at radius 1 is 1.10 bits per heavy atom. The number of para-hydroxylation sites is 1. The van der Waals surface area contributed by atoms with Gasteiger partial charge in [0.1, 0.15) is 5.75 Å². The molecule has 106 valence electrons. The molecular formula is C14H10ClN3O3. The topological polar surface area (TPSA) is 88.1 Å². The van der Waals surface area contributed by atoms with Gasteiger partial charge in [-0.25, -0.2) is 0 Å². The minimum absolute atomic E-state index is 0.0742. The maximum atomic E-state index is 10.9. The zero-order valence-electron chi connectivity index (χ0n) is 10.7. The predicted octanol–water partition coefficient (Wildman–Crippen LogP) is 3.41. The van der Waals surface area contributed by atoms with Crippen molar-refractivity contribution in [2.75, 3.05) is 0 Å². The zero-order chi connectivity index (χ0) is 15.2. The van der Waals surface area contributed by atoms with E-state index in [0.717, 1.165) is 0 Å². The maximum absolute atomic E-state index is 10.9. The van der Waals surface area contributed by atoms with E-state index in [4.69, 9.17) is 11.6 Å². The van der Waals surface area contributed by atoms with Crippen molar-refractivity contribution < 1.29 is 10.0 Å². The van der Waals surface area contributed by atoms with Crippen LogP contribution in [0.25, 0.3) is 0 Å². The van der Waals surface area contributed by atoms with E-state index in [2.05, 4.69) is 10.2 Å². The summed E-state index contributed by atoms with van der Waals surface area (Å²) in [6.45, 7) is 0. The average molecular weight is 304 g/mol. The van der Waals surface area contributed by atoms with Crippen molar-refractivity contribution in [3.8, 4) is 5.75 Å². The third kappa shape index (κ3) is 3.87. The van der Waals surface area contributed by atoms with Gasteiger partial charge >= 0.3 is 0 Å². The Morgan fingerprint density at radius 3 is 2.43 bits per heavy atom. The Balaban J connectivity index is 2.20. The molecule has 2 rings (SSSR count). The number of nitro groups is 1. The number of phenols is 1. The van der Waals surface area contributed by atoms with E-state index in [0.29, 0.717) is 10.6 Å². The van der Waals surface area contributed by atoms with Crippen molar-refractivity contribution in [3.05, 3.63) is 68.7 Å². The van der Waals surface area contributed by atoms with Gasteiger partial charge in [0.25, 0.3) is 5.69 Å². The quantitative estimate of drug-likeness (QED) is 0.533. The summed E-state index contributed by atoms with van der Waals surface area (Å²) in [5.41, 5.74) is 0.637. The first-order valence-electron chi connectivity index (χ1n) is 5.86. The minimum Gasteiger partial charge on any atom is -0.507 e. The highest BCUT2D eigenvalue weighted by atomic mass is 35.5. The third-order valence-corrected chi connectivity index (χ3v) is 2.82. The average Bonchev–Trinajstić information content (AvgIpc) is 2.45. The van der Waals surface area contributed by atoms with Crippen LogP contribution in [0.4, 0.5) is 5.69 Å². The van der Waals surface area contributed by atoms with Gasteiger partial charge in [-0.3, -0.25) is 10.1 Å². The lowest BCUT2D eigenvalue weighted by Crippen LogP contribution is -1.94. The number of nitrogens with zero attached hydrogens (tertiary/aromatic N) is 3. The molecule has 0 aliphatic rings. The van der Waals surface area contributed by atoms with E-state index in [9.17, 15) is 15.2 Å². The van der Waals surface area contributed by atoms with Gasteiger partial charge in [0.2, 0.25) is 0 Å². The maximum Gasteiger partial charge on any atom is 0.278 e. The van der Waals surface area contributed by atoms with E-state index in [1.807, 2.05) is 0 Å². The lowest BCUT2D eigenvalue weighted by Gasteiger charge is -1.97. The van der Waals surface area contributed by atoms with Crippen LogP contribution < -0.4 is 0 Å². The number of nitro benzene ring substituents is 1. The molecule has 21 heavy (non-hydrogen) atoms. The summed E-state index contributed by atoms with van der Waals surface area (Å²) in [4.78, 5) is 10.3. The highest BCUT2D eigenvalue weighted by molar-refractivity contribution is 6.31. The molecule has 0 bridgehead atoms. The van der Waals surface area contributed by atoms with E-state index < -0.39 is 4.92 Å². The number of halogens is 1. The van der Waals surface area contributed by atoms with Crippen LogP contribution in [0.15, 0.2) is 52.7 Å². The Bertz CT molecular complexity index is 729. The molecule has 2 aromatic rings. The van der Waals surface area contributed by atoms with Gasteiger partial charge in [-0.1, -0.05) is 23.7 Å². The highest BCUT2D eigenvalue weighted by Gasteiger charge is 2.11. The van der Waals surface area contributed by atoms with Crippen LogP contribution in [0.2, 0.25) is 5.02 Å².